The molecule has 2 aromatic carbocycles. The van der Waals surface area contributed by atoms with E-state index >= 15 is 0 Å². The third-order valence-electron chi connectivity index (χ3n) is 6.27. The average molecular weight is 515 g/mol. The van der Waals surface area contributed by atoms with Gasteiger partial charge in [-0.1, -0.05) is 29.8 Å². The molecule has 0 saturated carbocycles. The zero-order valence-electron chi connectivity index (χ0n) is 19.3. The molecule has 1 amide bonds. The van der Waals surface area contributed by atoms with E-state index < -0.39 is 44.9 Å². The van der Waals surface area contributed by atoms with Crippen molar-refractivity contribution in [1.29, 1.82) is 0 Å². The third-order valence-corrected chi connectivity index (χ3v) is 8.02. The predicted molar refractivity (Wildman–Crippen MR) is 129 cm³/mol. The number of pyridine rings is 1. The third kappa shape index (κ3) is 4.23. The molecular formula is C25H21F3N4O3S. The van der Waals surface area contributed by atoms with Crippen LogP contribution in [-0.4, -0.2) is 40.6 Å². The van der Waals surface area contributed by atoms with Crippen LogP contribution in [0.2, 0.25) is 0 Å². The van der Waals surface area contributed by atoms with Gasteiger partial charge >= 0.3 is 0 Å². The molecule has 36 heavy (non-hydrogen) atoms. The highest BCUT2D eigenvalue weighted by molar-refractivity contribution is 7.91. The second kappa shape index (κ2) is 8.74. The molecule has 0 aliphatic carbocycles. The van der Waals surface area contributed by atoms with Gasteiger partial charge in [-0.25, -0.2) is 31.3 Å². The number of fused-ring (bicyclic) bond motifs is 1. The maximum atomic E-state index is 14.3. The monoisotopic (exact) mass is 514 g/mol. The molecule has 5 rings (SSSR count). The lowest BCUT2D eigenvalue weighted by Crippen LogP contribution is -2.16. The van der Waals surface area contributed by atoms with Crippen LogP contribution in [0.1, 0.15) is 34.1 Å². The number of benzene rings is 2. The maximum Gasteiger partial charge on any atom is 0.256 e. The van der Waals surface area contributed by atoms with E-state index in [9.17, 15) is 26.4 Å². The minimum absolute atomic E-state index is 0.0263. The molecule has 2 aromatic heterocycles. The van der Waals surface area contributed by atoms with Crippen LogP contribution in [0.5, 0.6) is 0 Å². The summed E-state index contributed by atoms with van der Waals surface area (Å²) in [5.41, 5.74) is 2.43. The van der Waals surface area contributed by atoms with Gasteiger partial charge in [0.1, 0.15) is 0 Å². The first-order chi connectivity index (χ1) is 17.0. The number of rotatable bonds is 4. The van der Waals surface area contributed by atoms with Crippen LogP contribution in [-0.2, 0) is 9.84 Å². The number of aromatic nitrogens is 3. The zero-order valence-corrected chi connectivity index (χ0v) is 20.2. The number of carbonyl (C=O) groups is 1. The van der Waals surface area contributed by atoms with Gasteiger partial charge in [-0.2, -0.15) is 5.10 Å². The Morgan fingerprint density at radius 2 is 1.78 bits per heavy atom. The minimum Gasteiger partial charge on any atom is -0.319 e. The van der Waals surface area contributed by atoms with Crippen LogP contribution in [0.4, 0.5) is 18.9 Å². The first-order valence-corrected chi connectivity index (χ1v) is 13.0. The number of halogens is 3. The van der Waals surface area contributed by atoms with Gasteiger partial charge in [0.15, 0.2) is 32.9 Å². The number of aryl methyl sites for hydroxylation is 2. The molecule has 1 unspecified atom stereocenters. The Bertz CT molecular complexity index is 1630. The Morgan fingerprint density at radius 3 is 2.44 bits per heavy atom. The van der Waals surface area contributed by atoms with Crippen LogP contribution >= 0.6 is 0 Å². The second-order valence-electron chi connectivity index (χ2n) is 8.88. The Balaban J connectivity index is 1.68. The molecule has 1 aliphatic heterocycles. The van der Waals surface area contributed by atoms with E-state index in [2.05, 4.69) is 10.4 Å². The largest absolute Gasteiger partial charge is 0.319 e. The topological polar surface area (TPSA) is 94.0 Å². The first-order valence-electron chi connectivity index (χ1n) is 11.2. The molecule has 1 atom stereocenters. The Hall–Kier alpha value is -3.73. The Morgan fingerprint density at radius 1 is 1.06 bits per heavy atom. The number of sulfone groups is 1. The second-order valence-corrected chi connectivity index (χ2v) is 11.1. The highest BCUT2D eigenvalue weighted by atomic mass is 32.2. The average Bonchev–Trinajstić information content (AvgIpc) is 3.38. The number of amides is 1. The fourth-order valence-electron chi connectivity index (χ4n) is 4.40. The number of hydrogen-bond donors (Lipinski definition) is 1. The summed E-state index contributed by atoms with van der Waals surface area (Å²) >= 11 is 0. The van der Waals surface area contributed by atoms with E-state index in [4.69, 9.17) is 4.98 Å². The van der Waals surface area contributed by atoms with Gasteiger partial charge in [0.2, 0.25) is 0 Å². The van der Waals surface area contributed by atoms with Crippen LogP contribution < -0.4 is 5.32 Å². The summed E-state index contributed by atoms with van der Waals surface area (Å²) in [6.45, 7) is 3.58. The summed E-state index contributed by atoms with van der Waals surface area (Å²) in [5, 5.41) is 7.18. The lowest BCUT2D eigenvalue weighted by atomic mass is 10.0. The standard InChI is InChI=1S/C25H21F3N4O3S/c1-13-3-5-15(6-4-13)20-11-17(25(33)30-19-8-7-18(26)22(27)23(19)28)21-14(2)31-32(24(21)29-20)16-9-10-36(34,35)12-16/h3-8,11,16H,9-10,12H2,1-2H3,(H,30,33). The minimum atomic E-state index is -3.23. The van der Waals surface area contributed by atoms with Crippen LogP contribution in [0.3, 0.4) is 0 Å². The van der Waals surface area contributed by atoms with Crippen molar-refractivity contribution in [3.8, 4) is 11.3 Å². The van der Waals surface area contributed by atoms with Crippen molar-refractivity contribution in [2.45, 2.75) is 26.3 Å². The van der Waals surface area contributed by atoms with Gasteiger partial charge in [0.05, 0.1) is 45.6 Å². The Labute approximate surface area is 204 Å². The molecule has 7 nitrogen and oxygen atoms in total. The normalized spacial score (nSPS) is 17.0. The number of hydrogen-bond acceptors (Lipinski definition) is 5. The van der Waals surface area contributed by atoms with E-state index in [0.717, 1.165) is 17.7 Å². The summed E-state index contributed by atoms with van der Waals surface area (Å²) < 4.78 is 67.2. The Kier molecular flexibility index (Phi) is 5.82. The van der Waals surface area contributed by atoms with Crippen molar-refractivity contribution in [2.24, 2.45) is 0 Å². The quantitative estimate of drug-likeness (QED) is 0.397. The summed E-state index contributed by atoms with van der Waals surface area (Å²) in [6, 6.07) is 10.1. The molecule has 1 fully saturated rings. The highest BCUT2D eigenvalue weighted by Gasteiger charge is 2.32. The molecule has 0 bridgehead atoms. The SMILES string of the molecule is Cc1ccc(-c2cc(C(=O)Nc3ccc(F)c(F)c3F)c3c(C)nn(C4CCS(=O)(=O)C4)c3n2)cc1. The zero-order chi connectivity index (χ0) is 25.8. The summed E-state index contributed by atoms with van der Waals surface area (Å²) in [6.07, 6.45) is 0.358. The lowest BCUT2D eigenvalue weighted by Gasteiger charge is -2.13. The van der Waals surface area contributed by atoms with Crippen molar-refractivity contribution >= 4 is 32.5 Å². The molecule has 4 aromatic rings. The van der Waals surface area contributed by atoms with Crippen molar-refractivity contribution in [1.82, 2.24) is 14.8 Å². The van der Waals surface area contributed by atoms with Crippen LogP contribution in [0, 0.1) is 31.3 Å². The molecule has 11 heteroatoms. The maximum absolute atomic E-state index is 14.3. The number of carbonyl (C=O) groups excluding carboxylic acids is 1. The smallest absolute Gasteiger partial charge is 0.256 e. The van der Waals surface area contributed by atoms with Gasteiger partial charge in [-0.15, -0.1) is 0 Å². The molecule has 1 aliphatic rings. The summed E-state index contributed by atoms with van der Waals surface area (Å²) in [5.74, 6) is -5.43. The van der Waals surface area contributed by atoms with Crippen molar-refractivity contribution in [3.63, 3.8) is 0 Å². The van der Waals surface area contributed by atoms with Crippen molar-refractivity contribution in [2.75, 3.05) is 16.8 Å². The summed E-state index contributed by atoms with van der Waals surface area (Å²) in [7, 11) is -3.23. The molecule has 0 radical (unpaired) electrons. The molecule has 1 saturated heterocycles. The van der Waals surface area contributed by atoms with E-state index in [0.29, 0.717) is 34.4 Å². The number of nitrogens with zero attached hydrogens (tertiary/aromatic N) is 3. The highest BCUT2D eigenvalue weighted by Crippen LogP contribution is 2.33. The van der Waals surface area contributed by atoms with E-state index in [1.165, 1.54) is 10.7 Å². The first kappa shape index (κ1) is 24.0. The van der Waals surface area contributed by atoms with E-state index in [1.54, 1.807) is 6.92 Å². The van der Waals surface area contributed by atoms with Gasteiger partial charge in [-0.3, -0.25) is 4.79 Å². The van der Waals surface area contributed by atoms with E-state index in [1.807, 2.05) is 31.2 Å². The summed E-state index contributed by atoms with van der Waals surface area (Å²) in [4.78, 5) is 18.1. The fourth-order valence-corrected chi connectivity index (χ4v) is 6.09. The lowest BCUT2D eigenvalue weighted by molar-refractivity contribution is 0.102. The molecular weight excluding hydrogens is 493 g/mol. The fraction of sp³-hybridized carbons (Fsp3) is 0.240. The number of anilines is 1. The molecule has 0 spiro atoms. The van der Waals surface area contributed by atoms with Gasteiger partial charge in [0.25, 0.3) is 5.91 Å². The van der Waals surface area contributed by atoms with Gasteiger partial charge in [0, 0.05) is 5.56 Å². The molecule has 186 valence electrons. The number of nitrogens with one attached hydrogen (secondary N) is 1. The van der Waals surface area contributed by atoms with Gasteiger partial charge < -0.3 is 5.32 Å². The van der Waals surface area contributed by atoms with Gasteiger partial charge in [-0.05, 0) is 38.5 Å². The van der Waals surface area contributed by atoms with E-state index in [-0.39, 0.29) is 17.1 Å². The van der Waals surface area contributed by atoms with Crippen LogP contribution in [0.25, 0.3) is 22.3 Å². The van der Waals surface area contributed by atoms with Crippen molar-refractivity contribution in [3.05, 3.63) is 76.7 Å². The van der Waals surface area contributed by atoms with Crippen molar-refractivity contribution < 1.29 is 26.4 Å². The van der Waals surface area contributed by atoms with Crippen LogP contribution in [0.15, 0.2) is 42.5 Å². The molecule has 1 N–H and O–H groups in total. The predicted octanol–water partition coefficient (Wildman–Crippen LogP) is 4.74. The molecule has 3 heterocycles.